The molecule has 2 fully saturated rings. The molecule has 2 N–H and O–H groups in total. The third-order valence-electron chi connectivity index (χ3n) is 5.52. The lowest BCUT2D eigenvalue weighted by atomic mass is 9.82. The highest BCUT2D eigenvalue weighted by atomic mass is 16.2. The maximum atomic E-state index is 12.5. The smallest absolute Gasteiger partial charge is 0.319 e. The number of fused-ring (bicyclic) bond motifs is 2. The Bertz CT molecular complexity index is 579. The Hall–Kier alpha value is -1.81. The van der Waals surface area contributed by atoms with Crippen molar-refractivity contribution in [2.75, 3.05) is 11.9 Å². The van der Waals surface area contributed by atoms with Crippen molar-refractivity contribution in [3.05, 3.63) is 42.0 Å². The molecule has 2 saturated heterocycles. The van der Waals surface area contributed by atoms with Crippen molar-refractivity contribution in [3.8, 4) is 0 Å². The van der Waals surface area contributed by atoms with Gasteiger partial charge in [0.2, 0.25) is 0 Å². The number of carbonyl (C=O) groups is 1. The van der Waals surface area contributed by atoms with Crippen molar-refractivity contribution in [2.24, 2.45) is 0 Å². The maximum absolute atomic E-state index is 12.5. The van der Waals surface area contributed by atoms with Gasteiger partial charge < -0.3 is 10.6 Å². The molecule has 0 aliphatic carbocycles. The maximum Gasteiger partial charge on any atom is 0.319 e. The van der Waals surface area contributed by atoms with Crippen LogP contribution in [0.2, 0.25) is 0 Å². The molecule has 2 aliphatic heterocycles. The average molecular weight is 327 g/mol. The van der Waals surface area contributed by atoms with Gasteiger partial charge in [-0.15, -0.1) is 6.58 Å². The van der Waals surface area contributed by atoms with Crippen molar-refractivity contribution in [3.63, 3.8) is 0 Å². The number of aryl methyl sites for hydroxylation is 2. The molecule has 2 bridgehead atoms. The summed E-state index contributed by atoms with van der Waals surface area (Å²) in [6, 6.07) is 7.44. The minimum absolute atomic E-state index is 0.0763. The van der Waals surface area contributed by atoms with Crippen molar-refractivity contribution in [1.29, 1.82) is 0 Å². The fourth-order valence-electron chi connectivity index (χ4n) is 4.39. The summed E-state index contributed by atoms with van der Waals surface area (Å²) < 4.78 is 0. The lowest BCUT2D eigenvalue weighted by Crippen LogP contribution is -2.57. The number of anilines is 1. The van der Waals surface area contributed by atoms with Gasteiger partial charge in [0.25, 0.3) is 0 Å². The number of carbonyl (C=O) groups excluding carboxylic acids is 1. The Morgan fingerprint density at radius 2 is 1.88 bits per heavy atom. The van der Waals surface area contributed by atoms with Gasteiger partial charge in [0.1, 0.15) is 0 Å². The molecule has 24 heavy (non-hydrogen) atoms. The van der Waals surface area contributed by atoms with Gasteiger partial charge in [-0.25, -0.2) is 4.79 Å². The van der Waals surface area contributed by atoms with Crippen LogP contribution in [0.1, 0.15) is 43.2 Å². The summed E-state index contributed by atoms with van der Waals surface area (Å²) >= 11 is 0. The number of hydrogen-bond donors (Lipinski definition) is 2. The molecule has 0 saturated carbocycles. The summed E-state index contributed by atoms with van der Waals surface area (Å²) in [7, 11) is 0. The van der Waals surface area contributed by atoms with Crippen LogP contribution in [0, 0.1) is 13.8 Å². The highest BCUT2D eigenvalue weighted by Gasteiger charge is 2.37. The van der Waals surface area contributed by atoms with E-state index in [0.29, 0.717) is 12.1 Å². The molecule has 0 unspecified atom stereocenters. The summed E-state index contributed by atoms with van der Waals surface area (Å²) in [6.45, 7) is 8.92. The van der Waals surface area contributed by atoms with E-state index in [1.807, 2.05) is 38.1 Å². The number of benzene rings is 1. The van der Waals surface area contributed by atoms with E-state index in [1.54, 1.807) is 0 Å². The van der Waals surface area contributed by atoms with Gasteiger partial charge in [-0.05, 0) is 50.7 Å². The van der Waals surface area contributed by atoms with Crippen molar-refractivity contribution >= 4 is 11.7 Å². The van der Waals surface area contributed by atoms with E-state index in [4.69, 9.17) is 0 Å². The Kier molecular flexibility index (Phi) is 5.24. The fraction of sp³-hybridized carbons (Fsp3) is 0.550. The number of rotatable bonds is 4. The van der Waals surface area contributed by atoms with E-state index >= 15 is 0 Å². The van der Waals surface area contributed by atoms with E-state index in [2.05, 4.69) is 22.1 Å². The summed E-state index contributed by atoms with van der Waals surface area (Å²) in [4.78, 5) is 15.0. The quantitative estimate of drug-likeness (QED) is 0.821. The molecule has 0 spiro atoms. The fourth-order valence-corrected chi connectivity index (χ4v) is 4.39. The zero-order valence-corrected chi connectivity index (χ0v) is 14.8. The normalized spacial score (nSPS) is 26.7. The first-order valence-corrected chi connectivity index (χ1v) is 9.09. The lowest BCUT2D eigenvalue weighted by Gasteiger charge is -2.48. The number of nitrogens with zero attached hydrogens (tertiary/aromatic N) is 1. The molecule has 1 aromatic rings. The second-order valence-corrected chi connectivity index (χ2v) is 7.26. The Morgan fingerprint density at radius 1 is 1.25 bits per heavy atom. The monoisotopic (exact) mass is 327 g/mol. The average Bonchev–Trinajstić information content (AvgIpc) is 2.52. The third-order valence-corrected chi connectivity index (χ3v) is 5.52. The topological polar surface area (TPSA) is 44.4 Å². The Labute approximate surface area is 145 Å². The summed E-state index contributed by atoms with van der Waals surface area (Å²) in [5.74, 6) is 0. The van der Waals surface area contributed by atoms with E-state index in [0.717, 1.165) is 36.2 Å². The van der Waals surface area contributed by atoms with Gasteiger partial charge in [-0.2, -0.15) is 0 Å². The van der Waals surface area contributed by atoms with Crippen LogP contribution in [0.3, 0.4) is 0 Å². The first-order valence-electron chi connectivity index (χ1n) is 9.09. The van der Waals surface area contributed by atoms with Gasteiger partial charge in [0.15, 0.2) is 0 Å². The Balaban J connectivity index is 1.61. The van der Waals surface area contributed by atoms with Crippen molar-refractivity contribution < 1.29 is 4.79 Å². The number of amides is 2. The molecule has 0 radical (unpaired) electrons. The standard InChI is InChI=1S/C20H29N3O/c1-4-11-23-17-9-6-10-18(23)13-16(12-17)21-20(24)22-19-14(2)7-5-8-15(19)3/h4-5,7-8,16-18H,1,6,9-13H2,2-3H3,(H2,21,22,24)/t17-,18-/m1/s1. The number of hydrogen-bond acceptors (Lipinski definition) is 2. The number of para-hydroxylation sites is 1. The highest BCUT2D eigenvalue weighted by molar-refractivity contribution is 5.91. The molecule has 2 aliphatic rings. The molecule has 2 amide bonds. The summed E-state index contributed by atoms with van der Waals surface area (Å²) in [5.41, 5.74) is 3.13. The van der Waals surface area contributed by atoms with E-state index in [9.17, 15) is 4.79 Å². The minimum Gasteiger partial charge on any atom is -0.335 e. The second kappa shape index (κ2) is 7.39. The van der Waals surface area contributed by atoms with Crippen molar-refractivity contribution in [2.45, 2.75) is 64.1 Å². The Morgan fingerprint density at radius 3 is 2.46 bits per heavy atom. The van der Waals surface area contributed by atoms with E-state index < -0.39 is 0 Å². The van der Waals surface area contributed by atoms with Crippen LogP contribution in [0.5, 0.6) is 0 Å². The zero-order valence-electron chi connectivity index (χ0n) is 14.8. The summed E-state index contributed by atoms with van der Waals surface area (Å²) in [6.07, 6.45) is 7.88. The van der Waals surface area contributed by atoms with Crippen LogP contribution in [-0.2, 0) is 0 Å². The molecule has 2 heterocycles. The van der Waals surface area contributed by atoms with Crippen LogP contribution in [0.4, 0.5) is 10.5 Å². The van der Waals surface area contributed by atoms with Gasteiger partial charge in [-0.3, -0.25) is 4.90 Å². The summed E-state index contributed by atoms with van der Waals surface area (Å²) in [5, 5.41) is 6.26. The molecule has 2 atom stereocenters. The third kappa shape index (κ3) is 3.64. The van der Waals surface area contributed by atoms with Crippen molar-refractivity contribution in [1.82, 2.24) is 10.2 Å². The first-order chi connectivity index (χ1) is 11.6. The minimum atomic E-state index is -0.0763. The van der Waals surface area contributed by atoms with Crippen LogP contribution >= 0.6 is 0 Å². The molecular formula is C20H29N3O. The van der Waals surface area contributed by atoms with Crippen LogP contribution in [0.25, 0.3) is 0 Å². The molecule has 4 nitrogen and oxygen atoms in total. The molecule has 0 aromatic heterocycles. The highest BCUT2D eigenvalue weighted by Crippen LogP contribution is 2.34. The SMILES string of the molecule is C=CCN1[C@@H]2CCC[C@@H]1CC(NC(=O)Nc1c(C)cccc1C)C2. The van der Waals surface area contributed by atoms with Crippen LogP contribution in [-0.4, -0.2) is 35.6 Å². The van der Waals surface area contributed by atoms with Crippen LogP contribution in [0.15, 0.2) is 30.9 Å². The van der Waals surface area contributed by atoms with Crippen LogP contribution < -0.4 is 10.6 Å². The molecule has 3 rings (SSSR count). The first kappa shape index (κ1) is 17.0. The van der Waals surface area contributed by atoms with E-state index in [-0.39, 0.29) is 12.1 Å². The second-order valence-electron chi connectivity index (χ2n) is 7.26. The molecule has 1 aromatic carbocycles. The van der Waals surface area contributed by atoms with Gasteiger partial charge in [0.05, 0.1) is 0 Å². The largest absolute Gasteiger partial charge is 0.335 e. The lowest BCUT2D eigenvalue weighted by molar-refractivity contribution is 0.0375. The van der Waals surface area contributed by atoms with Gasteiger partial charge in [0, 0.05) is 30.4 Å². The molecule has 4 heteroatoms. The van der Waals surface area contributed by atoms with Gasteiger partial charge in [-0.1, -0.05) is 30.7 Å². The molecular weight excluding hydrogens is 298 g/mol. The zero-order chi connectivity index (χ0) is 17.1. The molecule has 130 valence electrons. The number of piperidine rings is 2. The predicted molar refractivity (Wildman–Crippen MR) is 99.4 cm³/mol. The predicted octanol–water partition coefficient (Wildman–Crippen LogP) is 4.00. The van der Waals surface area contributed by atoms with Gasteiger partial charge >= 0.3 is 6.03 Å². The number of urea groups is 1. The number of nitrogens with one attached hydrogen (secondary N) is 2. The van der Waals surface area contributed by atoms with E-state index in [1.165, 1.54) is 19.3 Å².